The van der Waals surface area contributed by atoms with E-state index >= 15 is 0 Å². The van der Waals surface area contributed by atoms with Gasteiger partial charge in [-0.1, -0.05) is 42.5 Å². The molecule has 0 saturated carbocycles. The van der Waals surface area contributed by atoms with Crippen molar-refractivity contribution < 1.29 is 14.6 Å². The second kappa shape index (κ2) is 6.55. The van der Waals surface area contributed by atoms with E-state index < -0.39 is 5.79 Å². The molecule has 0 saturated heterocycles. The Morgan fingerprint density at radius 3 is 2.05 bits per heavy atom. The summed E-state index contributed by atoms with van der Waals surface area (Å²) in [7, 11) is 3.32. The van der Waals surface area contributed by atoms with Crippen LogP contribution in [0.1, 0.15) is 17.5 Å². The highest BCUT2D eigenvalue weighted by atomic mass is 16.7. The number of rotatable bonds is 6. The fourth-order valence-corrected chi connectivity index (χ4v) is 2.33. The van der Waals surface area contributed by atoms with Crippen LogP contribution < -0.4 is 0 Å². The summed E-state index contributed by atoms with van der Waals surface area (Å²) in [6.45, 7) is 0. The lowest BCUT2D eigenvalue weighted by atomic mass is 9.97. The van der Waals surface area contributed by atoms with Crippen LogP contribution >= 0.6 is 0 Å². The zero-order valence-corrected chi connectivity index (χ0v) is 11.9. The van der Waals surface area contributed by atoms with Gasteiger partial charge in [0.15, 0.2) is 5.79 Å². The van der Waals surface area contributed by atoms with Gasteiger partial charge in [-0.05, 0) is 24.1 Å². The average molecular weight is 272 g/mol. The first-order valence-electron chi connectivity index (χ1n) is 6.64. The molecule has 0 aromatic heterocycles. The summed E-state index contributed by atoms with van der Waals surface area (Å²) in [5.41, 5.74) is 2.14. The zero-order chi connectivity index (χ0) is 14.4. The highest BCUT2D eigenvalue weighted by Crippen LogP contribution is 2.31. The molecule has 0 fully saturated rings. The molecule has 0 amide bonds. The van der Waals surface area contributed by atoms with E-state index in [9.17, 15) is 5.11 Å². The molecule has 0 aliphatic rings. The van der Waals surface area contributed by atoms with Gasteiger partial charge < -0.3 is 14.6 Å². The van der Waals surface area contributed by atoms with Crippen molar-refractivity contribution in [2.45, 2.75) is 18.6 Å². The molecule has 2 aromatic rings. The molecule has 0 radical (unpaired) electrons. The first kappa shape index (κ1) is 14.6. The van der Waals surface area contributed by atoms with Crippen molar-refractivity contribution in [3.63, 3.8) is 0 Å². The van der Waals surface area contributed by atoms with E-state index in [1.54, 1.807) is 26.4 Å². The van der Waals surface area contributed by atoms with E-state index in [-0.39, 0.29) is 5.75 Å². The topological polar surface area (TPSA) is 38.7 Å². The van der Waals surface area contributed by atoms with E-state index in [0.717, 1.165) is 17.5 Å². The number of benzene rings is 2. The number of aromatic hydroxyl groups is 1. The predicted molar refractivity (Wildman–Crippen MR) is 78.6 cm³/mol. The Labute approximate surface area is 119 Å². The molecule has 20 heavy (non-hydrogen) atoms. The van der Waals surface area contributed by atoms with Gasteiger partial charge in [-0.25, -0.2) is 0 Å². The quantitative estimate of drug-likeness (QED) is 0.818. The van der Waals surface area contributed by atoms with Crippen LogP contribution in [0.5, 0.6) is 5.75 Å². The molecule has 0 aliphatic carbocycles. The highest BCUT2D eigenvalue weighted by Gasteiger charge is 2.31. The maximum absolute atomic E-state index is 9.31. The van der Waals surface area contributed by atoms with Crippen molar-refractivity contribution in [1.29, 1.82) is 0 Å². The van der Waals surface area contributed by atoms with E-state index in [4.69, 9.17) is 9.47 Å². The van der Waals surface area contributed by atoms with Gasteiger partial charge in [0.1, 0.15) is 5.75 Å². The van der Waals surface area contributed by atoms with Crippen LogP contribution in [-0.2, 0) is 21.7 Å². The molecular weight excluding hydrogens is 252 g/mol. The number of phenolic OH excluding ortho intramolecular Hbond substituents is 1. The van der Waals surface area contributed by atoms with Crippen LogP contribution in [0, 0.1) is 0 Å². The fourth-order valence-electron chi connectivity index (χ4n) is 2.33. The number of methoxy groups -OCH3 is 2. The minimum atomic E-state index is -0.737. The Hall–Kier alpha value is -1.84. The normalized spacial score (nSPS) is 11.5. The van der Waals surface area contributed by atoms with Crippen molar-refractivity contribution in [1.82, 2.24) is 0 Å². The molecule has 0 heterocycles. The lowest BCUT2D eigenvalue weighted by molar-refractivity contribution is -0.219. The molecule has 0 spiro atoms. The van der Waals surface area contributed by atoms with Crippen LogP contribution in [-0.4, -0.2) is 19.3 Å². The smallest absolute Gasteiger partial charge is 0.194 e. The third-order valence-electron chi connectivity index (χ3n) is 3.55. The standard InChI is InChI=1S/C17H20O3/c1-19-17(20-2,15-6-4-3-5-7-15)13-12-14-8-10-16(18)11-9-14/h3-11,18H,12-13H2,1-2H3. The third-order valence-corrected chi connectivity index (χ3v) is 3.55. The summed E-state index contributed by atoms with van der Waals surface area (Å²) in [6, 6.07) is 17.1. The van der Waals surface area contributed by atoms with Gasteiger partial charge in [0, 0.05) is 26.2 Å². The zero-order valence-electron chi connectivity index (χ0n) is 11.9. The number of ether oxygens (including phenoxy) is 2. The summed E-state index contributed by atoms with van der Waals surface area (Å²) in [6.07, 6.45) is 1.51. The minimum Gasteiger partial charge on any atom is -0.508 e. The van der Waals surface area contributed by atoms with Crippen molar-refractivity contribution >= 4 is 0 Å². The summed E-state index contributed by atoms with van der Waals surface area (Å²) in [5.74, 6) is -0.458. The van der Waals surface area contributed by atoms with E-state index in [0.29, 0.717) is 6.42 Å². The summed E-state index contributed by atoms with van der Waals surface area (Å²) in [5, 5.41) is 9.31. The van der Waals surface area contributed by atoms with Gasteiger partial charge in [-0.3, -0.25) is 0 Å². The molecule has 1 N–H and O–H groups in total. The summed E-state index contributed by atoms with van der Waals surface area (Å²) >= 11 is 0. The number of aryl methyl sites for hydroxylation is 1. The summed E-state index contributed by atoms with van der Waals surface area (Å²) in [4.78, 5) is 0. The van der Waals surface area contributed by atoms with E-state index in [1.807, 2.05) is 42.5 Å². The second-order valence-corrected chi connectivity index (χ2v) is 4.69. The molecule has 0 unspecified atom stereocenters. The Morgan fingerprint density at radius 2 is 1.50 bits per heavy atom. The third kappa shape index (κ3) is 3.18. The molecule has 0 aliphatic heterocycles. The van der Waals surface area contributed by atoms with Crippen LogP contribution in [0.3, 0.4) is 0 Å². The first-order chi connectivity index (χ1) is 9.70. The van der Waals surface area contributed by atoms with Gasteiger partial charge in [0.25, 0.3) is 0 Å². The Kier molecular flexibility index (Phi) is 4.77. The molecule has 2 aromatic carbocycles. The largest absolute Gasteiger partial charge is 0.508 e. The van der Waals surface area contributed by atoms with Crippen LogP contribution in [0.15, 0.2) is 54.6 Å². The van der Waals surface area contributed by atoms with Crippen LogP contribution in [0.4, 0.5) is 0 Å². The maximum atomic E-state index is 9.31. The van der Waals surface area contributed by atoms with Crippen molar-refractivity contribution in [2.75, 3.05) is 14.2 Å². The SMILES string of the molecule is COC(CCc1ccc(O)cc1)(OC)c1ccccc1. The van der Waals surface area contributed by atoms with E-state index in [1.165, 1.54) is 0 Å². The number of hydrogen-bond donors (Lipinski definition) is 1. The Bertz CT molecular complexity index is 516. The Morgan fingerprint density at radius 1 is 0.900 bits per heavy atom. The van der Waals surface area contributed by atoms with Gasteiger partial charge >= 0.3 is 0 Å². The monoisotopic (exact) mass is 272 g/mol. The molecule has 0 atom stereocenters. The average Bonchev–Trinajstić information content (AvgIpc) is 2.51. The lowest BCUT2D eigenvalue weighted by Crippen LogP contribution is -2.31. The second-order valence-electron chi connectivity index (χ2n) is 4.69. The molecule has 106 valence electrons. The van der Waals surface area contributed by atoms with Gasteiger partial charge in [-0.15, -0.1) is 0 Å². The Balaban J connectivity index is 2.15. The molecular formula is C17H20O3. The van der Waals surface area contributed by atoms with E-state index in [2.05, 4.69) is 0 Å². The van der Waals surface area contributed by atoms with Crippen molar-refractivity contribution in [2.24, 2.45) is 0 Å². The molecule has 0 bridgehead atoms. The molecule has 2 rings (SSSR count). The summed E-state index contributed by atoms with van der Waals surface area (Å²) < 4.78 is 11.3. The number of hydrogen-bond acceptors (Lipinski definition) is 3. The van der Waals surface area contributed by atoms with Gasteiger partial charge in [-0.2, -0.15) is 0 Å². The van der Waals surface area contributed by atoms with Crippen molar-refractivity contribution in [3.8, 4) is 5.75 Å². The molecule has 3 heteroatoms. The maximum Gasteiger partial charge on any atom is 0.194 e. The van der Waals surface area contributed by atoms with Crippen LogP contribution in [0.2, 0.25) is 0 Å². The molecule has 3 nitrogen and oxygen atoms in total. The first-order valence-corrected chi connectivity index (χ1v) is 6.64. The highest BCUT2D eigenvalue weighted by molar-refractivity contribution is 5.27. The minimum absolute atomic E-state index is 0.279. The van der Waals surface area contributed by atoms with Crippen molar-refractivity contribution in [3.05, 3.63) is 65.7 Å². The lowest BCUT2D eigenvalue weighted by Gasteiger charge is -2.31. The predicted octanol–water partition coefficient (Wildman–Crippen LogP) is 3.47. The van der Waals surface area contributed by atoms with Crippen LogP contribution in [0.25, 0.3) is 0 Å². The van der Waals surface area contributed by atoms with Gasteiger partial charge in [0.2, 0.25) is 0 Å². The van der Waals surface area contributed by atoms with Gasteiger partial charge in [0.05, 0.1) is 0 Å². The fraction of sp³-hybridized carbons (Fsp3) is 0.294. The number of phenols is 1.